The van der Waals surface area contributed by atoms with Gasteiger partial charge in [-0.05, 0) is 58.9 Å². The summed E-state index contributed by atoms with van der Waals surface area (Å²) >= 11 is 0. The van der Waals surface area contributed by atoms with E-state index in [1.165, 1.54) is 37.8 Å². The summed E-state index contributed by atoms with van der Waals surface area (Å²) in [6.45, 7) is 16.8. The van der Waals surface area contributed by atoms with Gasteiger partial charge in [-0.2, -0.15) is 0 Å². The van der Waals surface area contributed by atoms with Gasteiger partial charge < -0.3 is 0 Å². The van der Waals surface area contributed by atoms with Crippen LogP contribution in [0.5, 0.6) is 0 Å². The topological polar surface area (TPSA) is 3.24 Å². The molecule has 0 radical (unpaired) electrons. The lowest BCUT2D eigenvalue weighted by Gasteiger charge is -2.50. The fourth-order valence-electron chi connectivity index (χ4n) is 3.70. The summed E-state index contributed by atoms with van der Waals surface area (Å²) in [5.41, 5.74) is 1.81. The number of likely N-dealkylation sites (tertiary alicyclic amines) is 1. The van der Waals surface area contributed by atoms with Gasteiger partial charge in [0.1, 0.15) is 0 Å². The van der Waals surface area contributed by atoms with Gasteiger partial charge in [0.05, 0.1) is 0 Å². The van der Waals surface area contributed by atoms with Gasteiger partial charge in [0, 0.05) is 11.6 Å². The van der Waals surface area contributed by atoms with Gasteiger partial charge in [0.2, 0.25) is 0 Å². The van der Waals surface area contributed by atoms with Crippen molar-refractivity contribution < 1.29 is 0 Å². The van der Waals surface area contributed by atoms with Gasteiger partial charge in [-0.15, -0.1) is 0 Å². The molecule has 0 amide bonds. The summed E-state index contributed by atoms with van der Waals surface area (Å²) < 4.78 is 0. The Morgan fingerprint density at radius 2 is 2.11 bits per heavy atom. The van der Waals surface area contributed by atoms with Gasteiger partial charge in [-0.25, -0.2) is 0 Å². The molecule has 1 aliphatic rings. The minimum atomic E-state index is 0.354. The second-order valence-corrected chi connectivity index (χ2v) is 6.66. The van der Waals surface area contributed by atoms with E-state index in [2.05, 4.69) is 52.2 Å². The molecule has 104 valence electrons. The van der Waals surface area contributed by atoms with Crippen LogP contribution in [0.3, 0.4) is 0 Å². The molecule has 18 heavy (non-hydrogen) atoms. The van der Waals surface area contributed by atoms with Crippen LogP contribution in [0.15, 0.2) is 24.3 Å². The lowest BCUT2D eigenvalue weighted by atomic mass is 9.78. The average molecular weight is 249 g/mol. The van der Waals surface area contributed by atoms with E-state index < -0.39 is 0 Å². The average Bonchev–Trinajstić information content (AvgIpc) is 2.22. The molecule has 0 spiro atoms. The molecule has 1 heteroatoms. The van der Waals surface area contributed by atoms with Gasteiger partial charge in [0.25, 0.3) is 0 Å². The van der Waals surface area contributed by atoms with Crippen LogP contribution in [0.1, 0.15) is 60.3 Å². The Balaban J connectivity index is 2.83. The minimum absolute atomic E-state index is 0.354. The van der Waals surface area contributed by atoms with Crippen molar-refractivity contribution in [2.45, 2.75) is 71.9 Å². The molecule has 0 aliphatic carbocycles. The number of nitrogens with zero attached hydrogens (tertiary/aromatic N) is 1. The van der Waals surface area contributed by atoms with E-state index in [0.717, 1.165) is 5.92 Å². The summed E-state index contributed by atoms with van der Waals surface area (Å²) in [4.78, 5) is 2.74. The fourth-order valence-corrected chi connectivity index (χ4v) is 3.70. The van der Waals surface area contributed by atoms with Crippen LogP contribution in [-0.4, -0.2) is 23.0 Å². The van der Waals surface area contributed by atoms with E-state index in [9.17, 15) is 0 Å². The lowest BCUT2D eigenvalue weighted by Crippen LogP contribution is -2.55. The highest BCUT2D eigenvalue weighted by Crippen LogP contribution is 2.37. The van der Waals surface area contributed by atoms with Gasteiger partial charge in [-0.3, -0.25) is 4.90 Å². The molecule has 0 bridgehead atoms. The van der Waals surface area contributed by atoms with Crippen molar-refractivity contribution in [2.75, 3.05) is 6.54 Å². The minimum Gasteiger partial charge on any atom is -0.295 e. The second kappa shape index (κ2) is 6.56. The first-order chi connectivity index (χ1) is 8.40. The predicted octanol–water partition coefficient (Wildman–Crippen LogP) is 4.80. The number of allylic oxidation sites excluding steroid dienone is 2. The van der Waals surface area contributed by atoms with Crippen LogP contribution in [-0.2, 0) is 0 Å². The Morgan fingerprint density at radius 1 is 1.44 bits per heavy atom. The molecule has 1 nitrogen and oxygen atoms in total. The van der Waals surface area contributed by atoms with E-state index in [1.54, 1.807) is 0 Å². The number of hydrogen-bond donors (Lipinski definition) is 0. The van der Waals surface area contributed by atoms with Gasteiger partial charge in [0.15, 0.2) is 0 Å². The maximum atomic E-state index is 3.80. The van der Waals surface area contributed by atoms with Crippen LogP contribution in [0.2, 0.25) is 0 Å². The molecule has 0 aromatic rings. The standard InChI is InChI=1S/C17H31N/c1-7-9-14(3)11-16-12-15(4)13-17(5,6)18(16)10-8-2/h7,9,15-16H,1,8,10-13H2,2-6H3/b14-9-. The van der Waals surface area contributed by atoms with Crippen molar-refractivity contribution >= 4 is 0 Å². The van der Waals surface area contributed by atoms with Gasteiger partial charge in [-0.1, -0.05) is 38.2 Å². The number of piperidine rings is 1. The first kappa shape index (κ1) is 15.5. The maximum absolute atomic E-state index is 3.80. The monoisotopic (exact) mass is 249 g/mol. The lowest BCUT2D eigenvalue weighted by molar-refractivity contribution is 0.000675. The smallest absolute Gasteiger partial charge is 0.0158 e. The highest BCUT2D eigenvalue weighted by Gasteiger charge is 2.38. The van der Waals surface area contributed by atoms with E-state index in [0.29, 0.717) is 11.6 Å². The molecule has 1 aliphatic heterocycles. The second-order valence-electron chi connectivity index (χ2n) is 6.66. The van der Waals surface area contributed by atoms with Crippen LogP contribution in [0.4, 0.5) is 0 Å². The molecular weight excluding hydrogens is 218 g/mol. The van der Waals surface area contributed by atoms with Crippen LogP contribution >= 0.6 is 0 Å². The summed E-state index contributed by atoms with van der Waals surface area (Å²) in [5.74, 6) is 0.842. The normalized spacial score (nSPS) is 29.3. The van der Waals surface area contributed by atoms with Crippen molar-refractivity contribution in [3.63, 3.8) is 0 Å². The van der Waals surface area contributed by atoms with Crippen LogP contribution < -0.4 is 0 Å². The first-order valence-electron chi connectivity index (χ1n) is 7.45. The Morgan fingerprint density at radius 3 is 2.67 bits per heavy atom. The maximum Gasteiger partial charge on any atom is 0.0158 e. The third kappa shape index (κ3) is 3.98. The van der Waals surface area contributed by atoms with E-state index in [1.807, 2.05) is 6.08 Å². The zero-order valence-electron chi connectivity index (χ0n) is 13.0. The Bertz CT molecular complexity index is 301. The number of hydrogen-bond acceptors (Lipinski definition) is 1. The summed E-state index contributed by atoms with van der Waals surface area (Å²) in [6.07, 6.45) is 9.19. The summed E-state index contributed by atoms with van der Waals surface area (Å²) in [7, 11) is 0. The zero-order valence-corrected chi connectivity index (χ0v) is 13.0. The fraction of sp³-hybridized carbons (Fsp3) is 0.765. The van der Waals surface area contributed by atoms with E-state index >= 15 is 0 Å². The largest absolute Gasteiger partial charge is 0.295 e. The van der Waals surface area contributed by atoms with Crippen LogP contribution in [0.25, 0.3) is 0 Å². The molecule has 1 heterocycles. The molecule has 0 aromatic heterocycles. The molecule has 0 N–H and O–H groups in total. The van der Waals surface area contributed by atoms with Crippen LogP contribution in [0, 0.1) is 5.92 Å². The summed E-state index contributed by atoms with van der Waals surface area (Å²) in [6, 6.07) is 0.708. The molecule has 0 aromatic carbocycles. The zero-order chi connectivity index (χ0) is 13.8. The van der Waals surface area contributed by atoms with Crippen molar-refractivity contribution in [3.8, 4) is 0 Å². The predicted molar refractivity (Wildman–Crippen MR) is 81.8 cm³/mol. The molecule has 0 saturated carbocycles. The SMILES string of the molecule is C=C/C=C(/C)CC1CC(C)CC(C)(C)N1CCC. The van der Waals surface area contributed by atoms with Crippen molar-refractivity contribution in [1.82, 2.24) is 4.90 Å². The first-order valence-corrected chi connectivity index (χ1v) is 7.45. The molecule has 1 fully saturated rings. The Kier molecular flexibility index (Phi) is 5.65. The van der Waals surface area contributed by atoms with E-state index in [-0.39, 0.29) is 0 Å². The Labute approximate surface area is 114 Å². The quantitative estimate of drug-likeness (QED) is 0.633. The van der Waals surface area contributed by atoms with Crippen molar-refractivity contribution in [2.24, 2.45) is 5.92 Å². The summed E-state index contributed by atoms with van der Waals surface area (Å²) in [5, 5.41) is 0. The van der Waals surface area contributed by atoms with Crippen molar-refractivity contribution in [1.29, 1.82) is 0 Å². The molecule has 2 unspecified atom stereocenters. The molecule has 2 atom stereocenters. The van der Waals surface area contributed by atoms with E-state index in [4.69, 9.17) is 0 Å². The highest BCUT2D eigenvalue weighted by atomic mass is 15.2. The molecule has 1 rings (SSSR count). The van der Waals surface area contributed by atoms with Crippen molar-refractivity contribution in [3.05, 3.63) is 24.3 Å². The Hall–Kier alpha value is -0.560. The molecular formula is C17H31N. The van der Waals surface area contributed by atoms with Gasteiger partial charge >= 0.3 is 0 Å². The third-order valence-electron chi connectivity index (χ3n) is 4.17. The molecule has 1 saturated heterocycles. The highest BCUT2D eigenvalue weighted by molar-refractivity contribution is 5.10. The number of rotatable bonds is 5. The third-order valence-corrected chi connectivity index (χ3v) is 4.17.